The second-order valence-corrected chi connectivity index (χ2v) is 6.68. The Morgan fingerprint density at radius 1 is 1.31 bits per heavy atom. The summed E-state index contributed by atoms with van der Waals surface area (Å²) in [5.41, 5.74) is 2.14. The first-order valence-corrected chi connectivity index (χ1v) is 8.56. The van der Waals surface area contributed by atoms with E-state index in [1.807, 2.05) is 37.7 Å². The molecule has 3 aromatic heterocycles. The fourth-order valence-corrected chi connectivity index (χ4v) is 3.07. The van der Waals surface area contributed by atoms with Crippen molar-refractivity contribution in [3.8, 4) is 0 Å². The van der Waals surface area contributed by atoms with Gasteiger partial charge in [-0.15, -0.1) is 0 Å². The maximum atomic E-state index is 12.9. The zero-order valence-electron chi connectivity index (χ0n) is 15.0. The summed E-state index contributed by atoms with van der Waals surface area (Å²) in [5.74, 6) is -0.295. The molecule has 0 aliphatic carbocycles. The average molecular weight is 374 g/mol. The minimum Gasteiger partial charge on any atom is -0.355 e. The van der Waals surface area contributed by atoms with E-state index in [1.54, 1.807) is 23.9 Å². The van der Waals surface area contributed by atoms with Crippen LogP contribution in [0.3, 0.4) is 0 Å². The number of fused-ring (bicyclic) bond motifs is 1. The summed E-state index contributed by atoms with van der Waals surface area (Å²) in [6.07, 6.45) is 5.01. The summed E-state index contributed by atoms with van der Waals surface area (Å²) >= 11 is 6.00. The molecule has 3 rings (SSSR count). The molecule has 0 atom stereocenters. The van der Waals surface area contributed by atoms with Crippen LogP contribution in [0.4, 0.5) is 11.4 Å². The summed E-state index contributed by atoms with van der Waals surface area (Å²) in [6, 6.07) is 3.51. The molecular weight excluding hydrogens is 354 g/mol. The first kappa shape index (κ1) is 18.0. The van der Waals surface area contributed by atoms with Crippen molar-refractivity contribution in [3.05, 3.63) is 51.8 Å². The van der Waals surface area contributed by atoms with Gasteiger partial charge in [-0.05, 0) is 26.0 Å². The number of hydrogen-bond acceptors (Lipinski definition) is 4. The van der Waals surface area contributed by atoms with Crippen LogP contribution in [0.1, 0.15) is 30.2 Å². The van der Waals surface area contributed by atoms with Gasteiger partial charge in [0.15, 0.2) is 0 Å². The van der Waals surface area contributed by atoms with Gasteiger partial charge < -0.3 is 19.8 Å². The van der Waals surface area contributed by atoms with Crippen LogP contribution in [0.15, 0.2) is 35.5 Å². The van der Waals surface area contributed by atoms with Crippen molar-refractivity contribution in [2.24, 2.45) is 7.05 Å². The van der Waals surface area contributed by atoms with Gasteiger partial charge in [0.25, 0.3) is 11.5 Å². The molecule has 7 nitrogen and oxygen atoms in total. The quantitative estimate of drug-likeness (QED) is 0.689. The normalized spacial score (nSPS) is 11.2. The molecular formula is C18H20ClN5O2. The van der Waals surface area contributed by atoms with Gasteiger partial charge in [0.2, 0.25) is 0 Å². The van der Waals surface area contributed by atoms with Crippen molar-refractivity contribution >= 4 is 39.8 Å². The number of aryl methyl sites for hydroxylation is 1. The molecule has 2 N–H and O–H groups in total. The van der Waals surface area contributed by atoms with E-state index in [-0.39, 0.29) is 22.7 Å². The van der Waals surface area contributed by atoms with Crippen LogP contribution < -0.4 is 16.2 Å². The molecule has 1 amide bonds. The van der Waals surface area contributed by atoms with Crippen molar-refractivity contribution in [1.29, 1.82) is 0 Å². The third-order valence-corrected chi connectivity index (χ3v) is 4.44. The lowest BCUT2D eigenvalue weighted by molar-refractivity contribution is 0.0963. The van der Waals surface area contributed by atoms with Crippen LogP contribution in [-0.2, 0) is 7.05 Å². The summed E-state index contributed by atoms with van der Waals surface area (Å²) in [5, 5.41) is 6.56. The highest BCUT2D eigenvalue weighted by Gasteiger charge is 2.17. The SMILES string of the molecule is CNC(=O)c1cnc(Cl)cc1Nc1cn(C)c2ccn(C(C)C)c(=O)c12. The minimum absolute atomic E-state index is 0.0387. The molecule has 0 saturated heterocycles. The molecule has 0 spiro atoms. The number of nitrogens with one attached hydrogen (secondary N) is 2. The van der Waals surface area contributed by atoms with Crippen LogP contribution in [0.2, 0.25) is 5.15 Å². The lowest BCUT2D eigenvalue weighted by Gasteiger charge is -2.12. The van der Waals surface area contributed by atoms with E-state index in [9.17, 15) is 9.59 Å². The van der Waals surface area contributed by atoms with E-state index >= 15 is 0 Å². The summed E-state index contributed by atoms with van der Waals surface area (Å²) < 4.78 is 3.54. The van der Waals surface area contributed by atoms with E-state index in [0.717, 1.165) is 5.52 Å². The van der Waals surface area contributed by atoms with E-state index in [2.05, 4.69) is 15.6 Å². The number of halogens is 1. The van der Waals surface area contributed by atoms with Crippen LogP contribution >= 0.6 is 11.6 Å². The van der Waals surface area contributed by atoms with Crippen LogP contribution in [-0.4, -0.2) is 27.1 Å². The summed E-state index contributed by atoms with van der Waals surface area (Å²) in [4.78, 5) is 29.0. The monoisotopic (exact) mass is 373 g/mol. The Bertz CT molecular complexity index is 1050. The molecule has 0 unspecified atom stereocenters. The standard InChI is InChI=1S/C18H20ClN5O2/c1-10(2)24-6-5-14-16(18(24)26)13(9-23(14)4)22-12-7-15(19)21-8-11(12)17(25)20-3/h5-10H,1-4H3,(H,20,25)(H,21,22). The second kappa shape index (κ2) is 6.84. The third kappa shape index (κ3) is 3.06. The Balaban J connectivity index is 2.19. The lowest BCUT2D eigenvalue weighted by Crippen LogP contribution is -2.22. The molecule has 0 aliphatic heterocycles. The van der Waals surface area contributed by atoms with Gasteiger partial charge in [-0.1, -0.05) is 11.6 Å². The van der Waals surface area contributed by atoms with Gasteiger partial charge in [0.1, 0.15) is 5.15 Å². The number of pyridine rings is 2. The Kier molecular flexibility index (Phi) is 4.73. The Morgan fingerprint density at radius 2 is 2.04 bits per heavy atom. The topological polar surface area (TPSA) is 81.0 Å². The molecule has 3 aromatic rings. The zero-order valence-corrected chi connectivity index (χ0v) is 15.8. The third-order valence-electron chi connectivity index (χ3n) is 4.24. The number of nitrogens with zero attached hydrogens (tertiary/aromatic N) is 3. The molecule has 26 heavy (non-hydrogen) atoms. The smallest absolute Gasteiger partial charge is 0.262 e. The van der Waals surface area contributed by atoms with Gasteiger partial charge in [0.05, 0.1) is 27.8 Å². The highest BCUT2D eigenvalue weighted by molar-refractivity contribution is 6.29. The molecule has 0 aliphatic rings. The highest BCUT2D eigenvalue weighted by atomic mass is 35.5. The minimum atomic E-state index is -0.295. The molecule has 0 fully saturated rings. The number of carbonyl (C=O) groups excluding carboxylic acids is 1. The van der Waals surface area contributed by atoms with Gasteiger partial charge in [-0.3, -0.25) is 9.59 Å². The number of anilines is 2. The molecule has 136 valence electrons. The number of amides is 1. The Hall–Kier alpha value is -2.80. The number of rotatable bonds is 4. The van der Waals surface area contributed by atoms with Crippen molar-refractivity contribution in [1.82, 2.24) is 19.4 Å². The van der Waals surface area contributed by atoms with Gasteiger partial charge in [0, 0.05) is 38.7 Å². The predicted octanol–water partition coefficient (Wildman–Crippen LogP) is 3.07. The van der Waals surface area contributed by atoms with Crippen molar-refractivity contribution < 1.29 is 4.79 Å². The first-order valence-electron chi connectivity index (χ1n) is 8.18. The number of carbonyl (C=O) groups is 1. The molecule has 0 saturated carbocycles. The zero-order chi connectivity index (χ0) is 19.0. The summed E-state index contributed by atoms with van der Waals surface area (Å²) in [7, 11) is 3.41. The molecule has 8 heteroatoms. The highest BCUT2D eigenvalue weighted by Crippen LogP contribution is 2.28. The Morgan fingerprint density at radius 3 is 2.69 bits per heavy atom. The van der Waals surface area contributed by atoms with Gasteiger partial charge >= 0.3 is 0 Å². The molecule has 0 bridgehead atoms. The largest absolute Gasteiger partial charge is 0.355 e. The van der Waals surface area contributed by atoms with Gasteiger partial charge in [-0.2, -0.15) is 0 Å². The fraction of sp³-hybridized carbons (Fsp3) is 0.278. The van der Waals surface area contributed by atoms with Crippen LogP contribution in [0.25, 0.3) is 10.9 Å². The van der Waals surface area contributed by atoms with E-state index in [1.165, 1.54) is 6.20 Å². The van der Waals surface area contributed by atoms with Crippen molar-refractivity contribution in [3.63, 3.8) is 0 Å². The predicted molar refractivity (Wildman–Crippen MR) is 103 cm³/mol. The molecule has 0 aromatic carbocycles. The average Bonchev–Trinajstić information content (AvgIpc) is 2.91. The maximum absolute atomic E-state index is 12.9. The number of aromatic nitrogens is 3. The van der Waals surface area contributed by atoms with Gasteiger partial charge in [-0.25, -0.2) is 4.98 Å². The van der Waals surface area contributed by atoms with E-state index in [4.69, 9.17) is 11.6 Å². The molecule has 3 heterocycles. The number of hydrogen-bond donors (Lipinski definition) is 2. The lowest BCUT2D eigenvalue weighted by atomic mass is 10.2. The van der Waals surface area contributed by atoms with Crippen molar-refractivity contribution in [2.45, 2.75) is 19.9 Å². The van der Waals surface area contributed by atoms with E-state index in [0.29, 0.717) is 22.3 Å². The molecule has 0 radical (unpaired) electrons. The fourth-order valence-electron chi connectivity index (χ4n) is 2.91. The first-order chi connectivity index (χ1) is 12.3. The van der Waals surface area contributed by atoms with Crippen LogP contribution in [0.5, 0.6) is 0 Å². The van der Waals surface area contributed by atoms with Crippen molar-refractivity contribution in [2.75, 3.05) is 12.4 Å². The Labute approximate surface area is 155 Å². The van der Waals surface area contributed by atoms with E-state index < -0.39 is 0 Å². The maximum Gasteiger partial charge on any atom is 0.262 e. The van der Waals surface area contributed by atoms with Crippen LogP contribution in [0, 0.1) is 0 Å². The second-order valence-electron chi connectivity index (χ2n) is 6.29. The summed E-state index contributed by atoms with van der Waals surface area (Å²) in [6.45, 7) is 3.91.